The first-order chi connectivity index (χ1) is 9.02. The fraction of sp³-hybridized carbons (Fsp3) is 0.462. The Morgan fingerprint density at radius 3 is 2.84 bits per heavy atom. The largest absolute Gasteiger partial charge is 0.399 e. The molecule has 0 saturated heterocycles. The van der Waals surface area contributed by atoms with E-state index in [4.69, 9.17) is 28.9 Å². The molecule has 2 rings (SSSR count). The molecule has 19 heavy (non-hydrogen) atoms. The fourth-order valence-electron chi connectivity index (χ4n) is 2.39. The number of anilines is 1. The number of halogens is 2. The van der Waals surface area contributed by atoms with E-state index >= 15 is 0 Å². The molecular weight excluding hydrogens is 303 g/mol. The van der Waals surface area contributed by atoms with Crippen LogP contribution in [0.25, 0.3) is 0 Å². The molecule has 0 aromatic heterocycles. The van der Waals surface area contributed by atoms with Gasteiger partial charge in [0.25, 0.3) is 5.91 Å². The second-order valence-corrected chi connectivity index (χ2v) is 6.51. The van der Waals surface area contributed by atoms with E-state index in [-0.39, 0.29) is 17.0 Å². The van der Waals surface area contributed by atoms with Crippen molar-refractivity contribution in [3.8, 4) is 0 Å². The van der Waals surface area contributed by atoms with Crippen LogP contribution < -0.4 is 11.1 Å². The third-order valence-corrected chi connectivity index (χ3v) is 5.34. The van der Waals surface area contributed by atoms with Crippen LogP contribution in [0.1, 0.15) is 29.6 Å². The van der Waals surface area contributed by atoms with Gasteiger partial charge in [0, 0.05) is 17.0 Å². The molecule has 104 valence electrons. The summed E-state index contributed by atoms with van der Waals surface area (Å²) in [4.78, 5) is 12.3. The number of hydrogen-bond donors (Lipinski definition) is 2. The molecule has 0 bridgehead atoms. The third kappa shape index (κ3) is 3.30. The van der Waals surface area contributed by atoms with Gasteiger partial charge >= 0.3 is 0 Å². The Kier molecular flexibility index (Phi) is 4.87. The average molecular weight is 319 g/mol. The SMILES string of the molecule is CSC1CCCC1NC(=O)c1cc(N)cc(Cl)c1Cl. The van der Waals surface area contributed by atoms with E-state index in [9.17, 15) is 4.79 Å². The quantitative estimate of drug-likeness (QED) is 0.837. The average Bonchev–Trinajstić information content (AvgIpc) is 2.80. The summed E-state index contributed by atoms with van der Waals surface area (Å²) in [6.07, 6.45) is 5.35. The van der Waals surface area contributed by atoms with Gasteiger partial charge in [-0.2, -0.15) is 11.8 Å². The lowest BCUT2D eigenvalue weighted by Gasteiger charge is -2.19. The lowest BCUT2D eigenvalue weighted by atomic mass is 10.1. The first-order valence-corrected chi connectivity index (χ1v) is 8.15. The van der Waals surface area contributed by atoms with Crippen LogP contribution in [0.15, 0.2) is 12.1 Å². The van der Waals surface area contributed by atoms with Crippen LogP contribution in [0.5, 0.6) is 0 Å². The predicted octanol–water partition coefficient (Wildman–Crippen LogP) is 3.59. The molecule has 1 amide bonds. The van der Waals surface area contributed by atoms with Crippen molar-refractivity contribution in [3.05, 3.63) is 27.7 Å². The van der Waals surface area contributed by atoms with Crippen molar-refractivity contribution in [2.24, 2.45) is 0 Å². The van der Waals surface area contributed by atoms with E-state index in [1.54, 1.807) is 23.9 Å². The number of nitrogens with one attached hydrogen (secondary N) is 1. The van der Waals surface area contributed by atoms with Gasteiger partial charge in [0.1, 0.15) is 0 Å². The Morgan fingerprint density at radius 2 is 2.16 bits per heavy atom. The topological polar surface area (TPSA) is 55.1 Å². The summed E-state index contributed by atoms with van der Waals surface area (Å²) in [5, 5.41) is 4.07. The maximum Gasteiger partial charge on any atom is 0.253 e. The molecule has 0 aliphatic heterocycles. The summed E-state index contributed by atoms with van der Waals surface area (Å²) < 4.78 is 0. The second-order valence-electron chi connectivity index (χ2n) is 4.65. The van der Waals surface area contributed by atoms with E-state index in [1.165, 1.54) is 0 Å². The van der Waals surface area contributed by atoms with Crippen molar-refractivity contribution in [2.45, 2.75) is 30.6 Å². The van der Waals surface area contributed by atoms with Crippen LogP contribution in [0, 0.1) is 0 Å². The highest BCUT2D eigenvalue weighted by Gasteiger charge is 2.28. The molecule has 1 aromatic carbocycles. The third-order valence-electron chi connectivity index (χ3n) is 3.37. The molecule has 1 fully saturated rings. The molecular formula is C13H16Cl2N2OS. The van der Waals surface area contributed by atoms with Crippen molar-refractivity contribution in [3.63, 3.8) is 0 Å². The van der Waals surface area contributed by atoms with Crippen LogP contribution in [0.3, 0.4) is 0 Å². The number of nitrogen functional groups attached to an aromatic ring is 1. The fourth-order valence-corrected chi connectivity index (χ4v) is 3.75. The summed E-state index contributed by atoms with van der Waals surface area (Å²) in [6, 6.07) is 3.30. The molecule has 0 spiro atoms. The number of benzene rings is 1. The standard InChI is InChI=1S/C13H16Cl2N2OS/c1-19-11-4-2-3-10(11)17-13(18)8-5-7(16)6-9(14)12(8)15/h5-6,10-11H,2-4,16H2,1H3,(H,17,18). The molecule has 1 aromatic rings. The molecule has 2 atom stereocenters. The zero-order valence-electron chi connectivity index (χ0n) is 10.6. The van der Waals surface area contributed by atoms with Crippen LogP contribution in [-0.2, 0) is 0 Å². The van der Waals surface area contributed by atoms with Gasteiger partial charge in [-0.15, -0.1) is 0 Å². The number of nitrogens with two attached hydrogens (primary N) is 1. The van der Waals surface area contributed by atoms with Gasteiger partial charge < -0.3 is 11.1 Å². The molecule has 0 radical (unpaired) electrons. The van der Waals surface area contributed by atoms with Gasteiger partial charge in [-0.25, -0.2) is 0 Å². The molecule has 1 aliphatic carbocycles. The van der Waals surface area contributed by atoms with Gasteiger partial charge in [0.05, 0.1) is 15.6 Å². The summed E-state index contributed by atoms with van der Waals surface area (Å²) in [7, 11) is 0. The summed E-state index contributed by atoms with van der Waals surface area (Å²) in [6.45, 7) is 0. The van der Waals surface area contributed by atoms with Crippen LogP contribution in [0.2, 0.25) is 10.0 Å². The number of thioether (sulfide) groups is 1. The number of carbonyl (C=O) groups excluding carboxylic acids is 1. The molecule has 3 nitrogen and oxygen atoms in total. The van der Waals surface area contributed by atoms with Crippen LogP contribution >= 0.6 is 35.0 Å². The Morgan fingerprint density at radius 1 is 1.42 bits per heavy atom. The smallest absolute Gasteiger partial charge is 0.253 e. The van der Waals surface area contributed by atoms with E-state index in [2.05, 4.69) is 11.6 Å². The second kappa shape index (κ2) is 6.25. The molecule has 0 heterocycles. The summed E-state index contributed by atoms with van der Waals surface area (Å²) >= 11 is 13.8. The van der Waals surface area contributed by atoms with Gasteiger partial charge in [0.2, 0.25) is 0 Å². The Bertz CT molecular complexity index is 496. The molecule has 2 unspecified atom stereocenters. The number of amides is 1. The number of hydrogen-bond acceptors (Lipinski definition) is 3. The zero-order valence-corrected chi connectivity index (χ0v) is 12.9. The van der Waals surface area contributed by atoms with E-state index in [0.29, 0.717) is 21.5 Å². The molecule has 1 saturated carbocycles. The van der Waals surface area contributed by atoms with Crippen molar-refractivity contribution < 1.29 is 4.79 Å². The van der Waals surface area contributed by atoms with Crippen molar-refractivity contribution in [1.82, 2.24) is 5.32 Å². The minimum absolute atomic E-state index is 0.193. The van der Waals surface area contributed by atoms with E-state index < -0.39 is 0 Å². The minimum atomic E-state index is -0.204. The summed E-state index contributed by atoms with van der Waals surface area (Å²) in [5.41, 5.74) is 6.48. The highest BCUT2D eigenvalue weighted by Crippen LogP contribution is 2.31. The number of rotatable bonds is 3. The van der Waals surface area contributed by atoms with Crippen molar-refractivity contribution in [1.29, 1.82) is 0 Å². The molecule has 6 heteroatoms. The monoisotopic (exact) mass is 318 g/mol. The highest BCUT2D eigenvalue weighted by molar-refractivity contribution is 7.99. The number of carbonyl (C=O) groups is 1. The lowest BCUT2D eigenvalue weighted by molar-refractivity contribution is 0.0939. The van der Waals surface area contributed by atoms with E-state index in [1.807, 2.05) is 0 Å². The normalized spacial score (nSPS) is 22.5. The Balaban J connectivity index is 2.16. The van der Waals surface area contributed by atoms with Gasteiger partial charge in [-0.05, 0) is 31.2 Å². The Hall–Kier alpha value is -0.580. The first kappa shape index (κ1) is 14.8. The van der Waals surface area contributed by atoms with E-state index in [0.717, 1.165) is 19.3 Å². The Labute approximate surface area is 127 Å². The molecule has 1 aliphatic rings. The summed E-state index contributed by atoms with van der Waals surface area (Å²) in [5.74, 6) is -0.204. The van der Waals surface area contributed by atoms with Crippen molar-refractivity contribution >= 4 is 46.6 Å². The van der Waals surface area contributed by atoms with Crippen molar-refractivity contribution in [2.75, 3.05) is 12.0 Å². The van der Waals surface area contributed by atoms with Gasteiger partial charge in [-0.3, -0.25) is 4.79 Å². The van der Waals surface area contributed by atoms with Crippen LogP contribution in [0.4, 0.5) is 5.69 Å². The lowest BCUT2D eigenvalue weighted by Crippen LogP contribution is -2.38. The first-order valence-electron chi connectivity index (χ1n) is 6.11. The highest BCUT2D eigenvalue weighted by atomic mass is 35.5. The maximum absolute atomic E-state index is 12.3. The molecule has 3 N–H and O–H groups in total. The maximum atomic E-state index is 12.3. The van der Waals surface area contributed by atoms with Gasteiger partial charge in [0.15, 0.2) is 0 Å². The predicted molar refractivity (Wildman–Crippen MR) is 83.3 cm³/mol. The van der Waals surface area contributed by atoms with Gasteiger partial charge in [-0.1, -0.05) is 29.6 Å². The minimum Gasteiger partial charge on any atom is -0.399 e. The van der Waals surface area contributed by atoms with Crippen LogP contribution in [-0.4, -0.2) is 23.5 Å². The zero-order chi connectivity index (χ0) is 14.0.